The van der Waals surface area contributed by atoms with Gasteiger partial charge in [-0.15, -0.1) is 11.8 Å². The minimum Gasteiger partial charge on any atom is -0.508 e. The summed E-state index contributed by atoms with van der Waals surface area (Å²) in [7, 11) is 0. The SMILES string of the molecule is C[C@@H]1CN([C@@H](C)COC2=CCC([C@@H]3Oc4ccc(O)c(F)c4S[C@@H]3c3cccc(O)c3)C=C2)C[C@H]1C. The van der Waals surface area contributed by atoms with Crippen LogP contribution in [0.4, 0.5) is 4.39 Å². The Labute approximate surface area is 216 Å². The summed E-state index contributed by atoms with van der Waals surface area (Å²) in [6.07, 6.45) is 6.68. The van der Waals surface area contributed by atoms with Crippen molar-refractivity contribution >= 4 is 11.8 Å². The molecule has 0 radical (unpaired) electrons. The highest BCUT2D eigenvalue weighted by Gasteiger charge is 2.39. The molecule has 2 aromatic rings. The zero-order chi connectivity index (χ0) is 25.4. The van der Waals surface area contributed by atoms with E-state index in [1.54, 1.807) is 24.3 Å². The molecule has 0 aromatic heterocycles. The second kappa shape index (κ2) is 10.4. The summed E-state index contributed by atoms with van der Waals surface area (Å²) in [6, 6.07) is 10.3. The van der Waals surface area contributed by atoms with Crippen LogP contribution in [0.25, 0.3) is 0 Å². The molecule has 7 heteroatoms. The van der Waals surface area contributed by atoms with Crippen LogP contribution in [0, 0.1) is 23.6 Å². The van der Waals surface area contributed by atoms with Gasteiger partial charge in [-0.1, -0.05) is 32.1 Å². The standard InChI is InChI=1S/C29H34FNO4S/c1-17-14-31(15-18(17)2)19(3)16-34-23-9-7-20(8-10-23)27-28(21-5-4-6-22(32)13-21)36-29-25(35-27)12-11-24(33)26(29)30/h4-7,9-13,17-20,27-28,32-33H,8,14-16H2,1-3H3/t17-,18-,19+,20?,27+,28-/m1/s1. The number of benzene rings is 2. The fraction of sp³-hybridized carbons (Fsp3) is 0.448. The fourth-order valence-corrected chi connectivity index (χ4v) is 6.60. The van der Waals surface area contributed by atoms with Crippen molar-refractivity contribution in [1.29, 1.82) is 0 Å². The normalized spacial score (nSPS) is 28.8. The highest BCUT2D eigenvalue weighted by molar-refractivity contribution is 7.99. The Balaban J connectivity index is 1.29. The summed E-state index contributed by atoms with van der Waals surface area (Å²) in [4.78, 5) is 2.80. The molecule has 0 saturated carbocycles. The predicted octanol–water partition coefficient (Wildman–Crippen LogP) is 6.28. The van der Waals surface area contributed by atoms with Gasteiger partial charge in [-0.25, -0.2) is 4.39 Å². The Kier molecular flexibility index (Phi) is 7.22. The van der Waals surface area contributed by atoms with Gasteiger partial charge in [-0.05, 0) is 67.2 Å². The molecule has 2 aromatic carbocycles. The van der Waals surface area contributed by atoms with Crippen molar-refractivity contribution in [2.75, 3.05) is 19.7 Å². The number of halogens is 1. The molecule has 36 heavy (non-hydrogen) atoms. The first kappa shape index (κ1) is 25.0. The minimum absolute atomic E-state index is 0.0416. The van der Waals surface area contributed by atoms with Crippen molar-refractivity contribution in [2.24, 2.45) is 17.8 Å². The lowest BCUT2D eigenvalue weighted by atomic mass is 9.89. The molecule has 3 aliphatic rings. The third-order valence-electron chi connectivity index (χ3n) is 7.70. The number of aromatic hydroxyl groups is 2. The largest absolute Gasteiger partial charge is 0.508 e. The molecule has 192 valence electrons. The van der Waals surface area contributed by atoms with E-state index in [0.717, 1.165) is 42.7 Å². The van der Waals surface area contributed by atoms with E-state index in [1.165, 1.54) is 17.8 Å². The molecule has 1 aliphatic carbocycles. The minimum atomic E-state index is -0.674. The van der Waals surface area contributed by atoms with E-state index in [9.17, 15) is 14.6 Å². The van der Waals surface area contributed by atoms with E-state index in [-0.39, 0.29) is 23.0 Å². The van der Waals surface area contributed by atoms with Gasteiger partial charge < -0.3 is 19.7 Å². The number of phenolic OH excluding ortho intramolecular Hbond substituents is 2. The monoisotopic (exact) mass is 511 g/mol. The molecule has 1 fully saturated rings. The maximum atomic E-state index is 14.7. The van der Waals surface area contributed by atoms with Crippen molar-refractivity contribution in [3.63, 3.8) is 0 Å². The lowest BCUT2D eigenvalue weighted by Crippen LogP contribution is -2.35. The molecule has 5 nitrogen and oxygen atoms in total. The van der Waals surface area contributed by atoms with Crippen LogP contribution in [0.3, 0.4) is 0 Å². The van der Waals surface area contributed by atoms with Crippen LogP contribution < -0.4 is 4.74 Å². The number of allylic oxidation sites excluding steroid dienone is 2. The third-order valence-corrected chi connectivity index (χ3v) is 9.11. The Morgan fingerprint density at radius 2 is 1.94 bits per heavy atom. The molecule has 2 N–H and O–H groups in total. The van der Waals surface area contributed by atoms with Gasteiger partial charge in [0.05, 0.1) is 10.1 Å². The Bertz CT molecular complexity index is 1160. The van der Waals surface area contributed by atoms with Gasteiger partial charge in [0.15, 0.2) is 11.6 Å². The highest BCUT2D eigenvalue weighted by Crippen LogP contribution is 2.52. The molecule has 0 bridgehead atoms. The molecular formula is C29H34FNO4S. The van der Waals surface area contributed by atoms with Crippen molar-refractivity contribution in [3.8, 4) is 17.2 Å². The average molecular weight is 512 g/mol. The van der Waals surface area contributed by atoms with E-state index in [1.807, 2.05) is 12.1 Å². The second-order valence-corrected chi connectivity index (χ2v) is 11.5. The van der Waals surface area contributed by atoms with Crippen LogP contribution in [0.1, 0.15) is 38.0 Å². The molecular weight excluding hydrogens is 477 g/mol. The summed E-state index contributed by atoms with van der Waals surface area (Å²) in [5.74, 6) is 1.86. The second-order valence-electron chi connectivity index (χ2n) is 10.4. The zero-order valence-corrected chi connectivity index (χ0v) is 21.7. The first-order valence-electron chi connectivity index (χ1n) is 12.7. The van der Waals surface area contributed by atoms with Crippen molar-refractivity contribution in [1.82, 2.24) is 4.90 Å². The van der Waals surface area contributed by atoms with Crippen LogP contribution in [0.15, 0.2) is 65.3 Å². The van der Waals surface area contributed by atoms with E-state index in [0.29, 0.717) is 23.3 Å². The zero-order valence-electron chi connectivity index (χ0n) is 20.9. The number of thioether (sulfide) groups is 1. The smallest absolute Gasteiger partial charge is 0.182 e. The average Bonchev–Trinajstić information content (AvgIpc) is 3.22. The first-order valence-corrected chi connectivity index (χ1v) is 13.6. The highest BCUT2D eigenvalue weighted by atomic mass is 32.2. The number of hydrogen-bond donors (Lipinski definition) is 2. The Morgan fingerprint density at radius 3 is 2.64 bits per heavy atom. The number of phenols is 2. The maximum Gasteiger partial charge on any atom is 0.182 e. The maximum absolute atomic E-state index is 14.7. The Hall–Kier alpha value is -2.64. The molecule has 1 unspecified atom stereocenters. The predicted molar refractivity (Wildman–Crippen MR) is 140 cm³/mol. The van der Waals surface area contributed by atoms with Gasteiger partial charge >= 0.3 is 0 Å². The third kappa shape index (κ3) is 5.09. The van der Waals surface area contributed by atoms with Crippen molar-refractivity contribution < 1.29 is 24.1 Å². The lowest BCUT2D eigenvalue weighted by Gasteiger charge is -2.38. The molecule has 1 saturated heterocycles. The molecule has 0 amide bonds. The molecule has 2 heterocycles. The van der Waals surface area contributed by atoms with Crippen molar-refractivity contribution in [2.45, 2.75) is 49.5 Å². The quantitative estimate of drug-likeness (QED) is 0.476. The van der Waals surface area contributed by atoms with Crippen molar-refractivity contribution in [3.05, 3.63) is 71.8 Å². The molecule has 5 rings (SSSR count). The molecule has 0 spiro atoms. The van der Waals surface area contributed by atoms with E-state index in [4.69, 9.17) is 9.47 Å². The van der Waals surface area contributed by atoms with Crippen LogP contribution >= 0.6 is 11.8 Å². The summed E-state index contributed by atoms with van der Waals surface area (Å²) < 4.78 is 27.2. The van der Waals surface area contributed by atoms with Crippen LogP contribution in [-0.2, 0) is 4.74 Å². The summed E-state index contributed by atoms with van der Waals surface area (Å²) >= 11 is 1.33. The number of nitrogens with zero attached hydrogens (tertiary/aromatic N) is 1. The van der Waals surface area contributed by atoms with E-state index < -0.39 is 11.6 Å². The number of likely N-dealkylation sites (tertiary alicyclic amines) is 1. The molecule has 6 atom stereocenters. The number of hydrogen-bond acceptors (Lipinski definition) is 6. The van der Waals surface area contributed by atoms with Crippen LogP contribution in [0.5, 0.6) is 17.2 Å². The van der Waals surface area contributed by atoms with E-state index in [2.05, 4.69) is 37.8 Å². The molecule has 2 aliphatic heterocycles. The van der Waals surface area contributed by atoms with Crippen LogP contribution in [0.2, 0.25) is 0 Å². The number of fused-ring (bicyclic) bond motifs is 1. The fourth-order valence-electron chi connectivity index (χ4n) is 5.23. The lowest BCUT2D eigenvalue weighted by molar-refractivity contribution is 0.119. The summed E-state index contributed by atoms with van der Waals surface area (Å²) in [6.45, 7) is 9.75. The summed E-state index contributed by atoms with van der Waals surface area (Å²) in [5, 5.41) is 19.7. The van der Waals surface area contributed by atoms with Gasteiger partial charge in [0.25, 0.3) is 0 Å². The number of rotatable bonds is 6. The summed E-state index contributed by atoms with van der Waals surface area (Å²) in [5.41, 5.74) is 0.848. The topological polar surface area (TPSA) is 62.2 Å². The van der Waals surface area contributed by atoms with E-state index >= 15 is 0 Å². The number of ether oxygens (including phenoxy) is 2. The first-order chi connectivity index (χ1) is 17.3. The van der Waals surface area contributed by atoms with Gasteiger partial charge in [-0.2, -0.15) is 0 Å². The van der Waals surface area contributed by atoms with Gasteiger partial charge in [0, 0.05) is 25.0 Å². The Morgan fingerprint density at radius 1 is 1.17 bits per heavy atom. The van der Waals surface area contributed by atoms with Gasteiger partial charge in [0.1, 0.15) is 30.0 Å². The van der Waals surface area contributed by atoms with Crippen LogP contribution in [-0.4, -0.2) is 47.0 Å². The van der Waals surface area contributed by atoms with Gasteiger partial charge in [0.2, 0.25) is 0 Å². The van der Waals surface area contributed by atoms with Gasteiger partial charge in [-0.3, -0.25) is 4.90 Å².